The summed E-state index contributed by atoms with van der Waals surface area (Å²) in [4.78, 5) is 20.4. The Morgan fingerprint density at radius 2 is 2.13 bits per heavy atom. The van der Waals surface area contributed by atoms with Crippen LogP contribution in [-0.2, 0) is 11.2 Å². The van der Waals surface area contributed by atoms with E-state index >= 15 is 0 Å². The van der Waals surface area contributed by atoms with Crippen LogP contribution in [0.25, 0.3) is 5.65 Å². The number of anilines is 1. The van der Waals surface area contributed by atoms with Gasteiger partial charge in [-0.15, -0.1) is 0 Å². The van der Waals surface area contributed by atoms with E-state index in [9.17, 15) is 4.79 Å². The molecule has 0 bridgehead atoms. The number of nitrogens with one attached hydrogen (secondary N) is 2. The summed E-state index contributed by atoms with van der Waals surface area (Å²) in [6.07, 6.45) is 8.49. The molecular formula is C17H19N5O. The van der Waals surface area contributed by atoms with Crippen LogP contribution in [0, 0.1) is 0 Å². The lowest BCUT2D eigenvalue weighted by Crippen LogP contribution is -2.28. The summed E-state index contributed by atoms with van der Waals surface area (Å²) >= 11 is 0. The minimum atomic E-state index is 0.0371. The van der Waals surface area contributed by atoms with Gasteiger partial charge in [-0.05, 0) is 30.7 Å². The normalized spacial score (nSPS) is 10.6. The van der Waals surface area contributed by atoms with Crippen molar-refractivity contribution in [3.05, 3.63) is 60.8 Å². The first-order valence-corrected chi connectivity index (χ1v) is 7.64. The first-order chi connectivity index (χ1) is 11.3. The van der Waals surface area contributed by atoms with Gasteiger partial charge in [-0.1, -0.05) is 6.07 Å². The smallest absolute Gasteiger partial charge is 0.220 e. The predicted octanol–water partition coefficient (Wildman–Crippen LogP) is 1.89. The molecule has 6 nitrogen and oxygen atoms in total. The molecule has 0 unspecified atom stereocenters. The maximum absolute atomic E-state index is 11.9. The SMILES string of the molecule is O=C(CCc1cn2ccccc2n1)NCCNc1cccnc1. The molecule has 0 atom stereocenters. The summed E-state index contributed by atoms with van der Waals surface area (Å²) in [7, 11) is 0. The van der Waals surface area contributed by atoms with Crippen LogP contribution >= 0.6 is 0 Å². The number of nitrogens with zero attached hydrogens (tertiary/aromatic N) is 3. The third kappa shape index (κ3) is 4.29. The van der Waals surface area contributed by atoms with Crippen LogP contribution in [0.3, 0.4) is 0 Å². The van der Waals surface area contributed by atoms with Crippen molar-refractivity contribution in [1.82, 2.24) is 19.7 Å². The number of carbonyl (C=O) groups is 1. The molecule has 0 aliphatic carbocycles. The number of aromatic nitrogens is 3. The van der Waals surface area contributed by atoms with E-state index in [0.717, 1.165) is 17.0 Å². The van der Waals surface area contributed by atoms with E-state index in [4.69, 9.17) is 0 Å². The van der Waals surface area contributed by atoms with Gasteiger partial charge in [0, 0.05) is 44.3 Å². The van der Waals surface area contributed by atoms with Gasteiger partial charge >= 0.3 is 0 Å². The van der Waals surface area contributed by atoms with Gasteiger partial charge in [-0.2, -0.15) is 0 Å². The zero-order chi connectivity index (χ0) is 15.9. The molecule has 0 spiro atoms. The fourth-order valence-corrected chi connectivity index (χ4v) is 2.31. The lowest BCUT2D eigenvalue weighted by molar-refractivity contribution is -0.120. The highest BCUT2D eigenvalue weighted by Crippen LogP contribution is 2.06. The van der Waals surface area contributed by atoms with Crippen LogP contribution in [-0.4, -0.2) is 33.4 Å². The first kappa shape index (κ1) is 15.0. The number of aryl methyl sites for hydroxylation is 1. The molecule has 3 rings (SSSR count). The highest BCUT2D eigenvalue weighted by Gasteiger charge is 2.05. The van der Waals surface area contributed by atoms with Crippen molar-refractivity contribution in [3.8, 4) is 0 Å². The Labute approximate surface area is 134 Å². The number of fused-ring (bicyclic) bond motifs is 1. The van der Waals surface area contributed by atoms with Gasteiger partial charge in [0.15, 0.2) is 0 Å². The number of hydrogen-bond donors (Lipinski definition) is 2. The van der Waals surface area contributed by atoms with Gasteiger partial charge in [0.25, 0.3) is 0 Å². The molecule has 3 aromatic rings. The van der Waals surface area contributed by atoms with Crippen molar-refractivity contribution < 1.29 is 4.79 Å². The number of hydrogen-bond acceptors (Lipinski definition) is 4. The Morgan fingerprint density at radius 3 is 2.96 bits per heavy atom. The lowest BCUT2D eigenvalue weighted by Gasteiger charge is -2.07. The zero-order valence-corrected chi connectivity index (χ0v) is 12.8. The maximum Gasteiger partial charge on any atom is 0.220 e. The Kier molecular flexibility index (Phi) is 4.83. The average molecular weight is 309 g/mol. The quantitative estimate of drug-likeness (QED) is 0.654. The van der Waals surface area contributed by atoms with E-state index in [1.54, 1.807) is 12.4 Å². The molecular weight excluding hydrogens is 290 g/mol. The predicted molar refractivity (Wildman–Crippen MR) is 89.2 cm³/mol. The average Bonchev–Trinajstić information content (AvgIpc) is 3.01. The van der Waals surface area contributed by atoms with Crippen molar-refractivity contribution in [2.45, 2.75) is 12.8 Å². The van der Waals surface area contributed by atoms with Crippen LogP contribution in [0.1, 0.15) is 12.1 Å². The second-order valence-corrected chi connectivity index (χ2v) is 5.22. The van der Waals surface area contributed by atoms with Crippen molar-refractivity contribution in [2.24, 2.45) is 0 Å². The monoisotopic (exact) mass is 309 g/mol. The van der Waals surface area contributed by atoms with Gasteiger partial charge < -0.3 is 15.0 Å². The number of pyridine rings is 2. The summed E-state index contributed by atoms with van der Waals surface area (Å²) in [6, 6.07) is 9.68. The molecule has 2 N–H and O–H groups in total. The van der Waals surface area contributed by atoms with Crippen LogP contribution < -0.4 is 10.6 Å². The van der Waals surface area contributed by atoms with Crippen molar-refractivity contribution in [2.75, 3.05) is 18.4 Å². The summed E-state index contributed by atoms with van der Waals surface area (Å²) < 4.78 is 1.96. The largest absolute Gasteiger partial charge is 0.382 e. The fraction of sp³-hybridized carbons (Fsp3) is 0.235. The summed E-state index contributed by atoms with van der Waals surface area (Å²) in [5.41, 5.74) is 2.79. The lowest BCUT2D eigenvalue weighted by atomic mass is 10.2. The topological polar surface area (TPSA) is 71.3 Å². The van der Waals surface area contributed by atoms with E-state index < -0.39 is 0 Å². The van der Waals surface area contributed by atoms with Crippen LogP contribution in [0.2, 0.25) is 0 Å². The molecule has 1 amide bonds. The minimum absolute atomic E-state index is 0.0371. The van der Waals surface area contributed by atoms with E-state index in [-0.39, 0.29) is 5.91 Å². The summed E-state index contributed by atoms with van der Waals surface area (Å²) in [5.74, 6) is 0.0371. The van der Waals surface area contributed by atoms with Crippen molar-refractivity contribution >= 4 is 17.2 Å². The van der Waals surface area contributed by atoms with E-state index in [2.05, 4.69) is 20.6 Å². The van der Waals surface area contributed by atoms with E-state index in [1.165, 1.54) is 0 Å². The van der Waals surface area contributed by atoms with Crippen molar-refractivity contribution in [3.63, 3.8) is 0 Å². The molecule has 23 heavy (non-hydrogen) atoms. The summed E-state index contributed by atoms with van der Waals surface area (Å²) in [6.45, 7) is 1.25. The van der Waals surface area contributed by atoms with Gasteiger partial charge in [0.05, 0.1) is 11.4 Å². The van der Waals surface area contributed by atoms with Crippen LogP contribution in [0.5, 0.6) is 0 Å². The zero-order valence-electron chi connectivity index (χ0n) is 12.8. The molecule has 118 valence electrons. The Bertz CT molecular complexity index is 736. The molecule has 6 heteroatoms. The molecule has 0 saturated carbocycles. The highest BCUT2D eigenvalue weighted by molar-refractivity contribution is 5.76. The fourth-order valence-electron chi connectivity index (χ4n) is 2.31. The van der Waals surface area contributed by atoms with E-state index in [1.807, 2.05) is 47.1 Å². The standard InChI is InChI=1S/C17H19N5O/c23-17(20-10-9-19-14-4-3-8-18-12-14)7-6-15-13-22-11-2-1-5-16(22)21-15/h1-5,8,11-13,19H,6-7,9-10H2,(H,20,23). The molecule has 0 saturated heterocycles. The number of amides is 1. The highest BCUT2D eigenvalue weighted by atomic mass is 16.1. The van der Waals surface area contributed by atoms with Crippen LogP contribution in [0.15, 0.2) is 55.1 Å². The molecule has 3 heterocycles. The summed E-state index contributed by atoms with van der Waals surface area (Å²) in [5, 5.41) is 6.10. The molecule has 0 fully saturated rings. The molecule has 0 aromatic carbocycles. The van der Waals surface area contributed by atoms with Gasteiger partial charge in [0.2, 0.25) is 5.91 Å². The Balaban J connectivity index is 1.38. The molecule has 0 radical (unpaired) electrons. The first-order valence-electron chi connectivity index (χ1n) is 7.64. The number of carbonyl (C=O) groups excluding carboxylic acids is 1. The third-order valence-corrected chi connectivity index (χ3v) is 3.46. The van der Waals surface area contributed by atoms with Gasteiger partial charge in [-0.3, -0.25) is 9.78 Å². The minimum Gasteiger partial charge on any atom is -0.382 e. The Morgan fingerprint density at radius 1 is 1.17 bits per heavy atom. The van der Waals surface area contributed by atoms with E-state index in [0.29, 0.717) is 25.9 Å². The molecule has 3 aromatic heterocycles. The number of imidazole rings is 1. The maximum atomic E-state index is 11.9. The molecule has 0 aliphatic rings. The molecule has 0 aliphatic heterocycles. The second-order valence-electron chi connectivity index (χ2n) is 5.22. The van der Waals surface area contributed by atoms with Gasteiger partial charge in [0.1, 0.15) is 5.65 Å². The second kappa shape index (κ2) is 7.40. The van der Waals surface area contributed by atoms with Crippen LogP contribution in [0.4, 0.5) is 5.69 Å². The number of rotatable bonds is 7. The van der Waals surface area contributed by atoms with Crippen molar-refractivity contribution in [1.29, 1.82) is 0 Å². The van der Waals surface area contributed by atoms with Gasteiger partial charge in [-0.25, -0.2) is 4.98 Å². The Hall–Kier alpha value is -2.89. The third-order valence-electron chi connectivity index (χ3n) is 3.46.